The topological polar surface area (TPSA) is 46.2 Å². The van der Waals surface area contributed by atoms with Gasteiger partial charge in [0.1, 0.15) is 0 Å². The minimum absolute atomic E-state index is 0.255. The first-order chi connectivity index (χ1) is 6.16. The van der Waals surface area contributed by atoms with Crippen LogP contribution in [0.25, 0.3) is 0 Å². The summed E-state index contributed by atoms with van der Waals surface area (Å²) in [6, 6.07) is 0.255. The summed E-state index contributed by atoms with van der Waals surface area (Å²) in [4.78, 5) is 0. The molecular weight excluding hydrogens is 186 g/mol. The predicted octanol–water partition coefficient (Wildman–Crippen LogP) is 0.563. The molecule has 1 aliphatic carbocycles. The van der Waals surface area contributed by atoms with E-state index in [0.29, 0.717) is 11.5 Å². The Morgan fingerprint density at radius 3 is 2.38 bits per heavy atom. The summed E-state index contributed by atoms with van der Waals surface area (Å²) >= 11 is 0. The van der Waals surface area contributed by atoms with Crippen molar-refractivity contribution in [3.05, 3.63) is 0 Å². The fraction of sp³-hybridized carbons (Fsp3) is 1.00. The van der Waals surface area contributed by atoms with E-state index in [0.717, 1.165) is 12.5 Å². The number of rotatable bonds is 4. The Morgan fingerprint density at radius 2 is 1.92 bits per heavy atom. The molecule has 0 aromatic heterocycles. The number of sulfone groups is 1. The van der Waals surface area contributed by atoms with Gasteiger partial charge < -0.3 is 5.32 Å². The van der Waals surface area contributed by atoms with E-state index in [1.165, 1.54) is 25.7 Å². The highest BCUT2D eigenvalue weighted by molar-refractivity contribution is 7.92. The molecule has 2 fully saturated rings. The molecule has 0 unspecified atom stereocenters. The molecule has 76 valence electrons. The maximum atomic E-state index is 10.8. The molecule has 1 heterocycles. The van der Waals surface area contributed by atoms with E-state index >= 15 is 0 Å². The van der Waals surface area contributed by atoms with Gasteiger partial charge in [0, 0.05) is 6.04 Å². The van der Waals surface area contributed by atoms with Crippen molar-refractivity contribution in [2.75, 3.05) is 18.1 Å². The van der Waals surface area contributed by atoms with Crippen LogP contribution >= 0.6 is 0 Å². The second-order valence-corrected chi connectivity index (χ2v) is 6.47. The number of nitrogens with one attached hydrogen (secondary N) is 1. The smallest absolute Gasteiger partial charge is 0.153 e. The zero-order valence-electron chi connectivity index (χ0n) is 7.83. The van der Waals surface area contributed by atoms with E-state index in [2.05, 4.69) is 5.32 Å². The molecule has 1 saturated heterocycles. The summed E-state index contributed by atoms with van der Waals surface area (Å²) in [7, 11) is -2.64. The zero-order valence-corrected chi connectivity index (χ0v) is 8.65. The summed E-state index contributed by atoms with van der Waals surface area (Å²) in [5.41, 5.74) is 0. The Labute approximate surface area is 79.8 Å². The molecule has 1 N–H and O–H groups in total. The predicted molar refractivity (Wildman–Crippen MR) is 52.4 cm³/mol. The van der Waals surface area contributed by atoms with Crippen LogP contribution in [-0.2, 0) is 9.84 Å². The van der Waals surface area contributed by atoms with Gasteiger partial charge in [0.15, 0.2) is 9.84 Å². The second-order valence-electron chi connectivity index (χ2n) is 4.31. The van der Waals surface area contributed by atoms with E-state index in [4.69, 9.17) is 0 Å². The van der Waals surface area contributed by atoms with Gasteiger partial charge in [-0.3, -0.25) is 0 Å². The lowest BCUT2D eigenvalue weighted by Gasteiger charge is -2.29. The van der Waals surface area contributed by atoms with E-state index < -0.39 is 9.84 Å². The van der Waals surface area contributed by atoms with E-state index in [1.807, 2.05) is 0 Å². The fourth-order valence-corrected chi connectivity index (χ4v) is 3.32. The maximum absolute atomic E-state index is 10.8. The molecule has 2 rings (SSSR count). The first kappa shape index (κ1) is 9.46. The van der Waals surface area contributed by atoms with Crippen LogP contribution in [-0.4, -0.2) is 32.5 Å². The zero-order chi connectivity index (χ0) is 9.31. The van der Waals surface area contributed by atoms with Gasteiger partial charge >= 0.3 is 0 Å². The van der Waals surface area contributed by atoms with Gasteiger partial charge in [-0.2, -0.15) is 0 Å². The lowest BCUT2D eigenvalue weighted by Crippen LogP contribution is -2.51. The highest BCUT2D eigenvalue weighted by Gasteiger charge is 2.32. The van der Waals surface area contributed by atoms with Crippen LogP contribution < -0.4 is 5.32 Å². The van der Waals surface area contributed by atoms with Gasteiger partial charge in [-0.05, 0) is 18.9 Å². The molecule has 0 atom stereocenters. The van der Waals surface area contributed by atoms with Crippen molar-refractivity contribution in [1.29, 1.82) is 0 Å². The number of hydrogen-bond acceptors (Lipinski definition) is 3. The summed E-state index contributed by atoms with van der Waals surface area (Å²) in [6.45, 7) is 1.00. The second kappa shape index (κ2) is 3.58. The van der Waals surface area contributed by atoms with Gasteiger partial charge in [-0.1, -0.05) is 19.3 Å². The Balaban J connectivity index is 1.54. The summed E-state index contributed by atoms with van der Waals surface area (Å²) in [5, 5.41) is 3.29. The Hall–Kier alpha value is -0.0900. The third-order valence-electron chi connectivity index (χ3n) is 3.12. The molecule has 0 bridgehead atoms. The standard InChI is InChI=1S/C9H17NO2S/c11-13(12)6-9(7-13)10-5-4-8-2-1-3-8/h8-10H,1-7H2. The Morgan fingerprint density at radius 1 is 1.23 bits per heavy atom. The largest absolute Gasteiger partial charge is 0.312 e. The third-order valence-corrected chi connectivity index (χ3v) is 4.94. The molecule has 4 heteroatoms. The minimum Gasteiger partial charge on any atom is -0.312 e. The molecule has 0 aromatic rings. The minimum atomic E-state index is -2.64. The third kappa shape index (κ3) is 2.44. The summed E-state index contributed by atoms with van der Waals surface area (Å²) in [6.07, 6.45) is 5.38. The molecule has 1 aliphatic heterocycles. The van der Waals surface area contributed by atoms with Crippen molar-refractivity contribution in [2.45, 2.75) is 31.7 Å². The van der Waals surface area contributed by atoms with Crippen molar-refractivity contribution < 1.29 is 8.42 Å². The van der Waals surface area contributed by atoms with Crippen LogP contribution in [0.15, 0.2) is 0 Å². The lowest BCUT2D eigenvalue weighted by molar-refractivity contribution is 0.288. The van der Waals surface area contributed by atoms with E-state index in [-0.39, 0.29) is 6.04 Å². The van der Waals surface area contributed by atoms with Gasteiger partial charge in [-0.25, -0.2) is 8.42 Å². The molecule has 0 radical (unpaired) electrons. The summed E-state index contributed by atoms with van der Waals surface area (Å²) < 4.78 is 21.6. The lowest BCUT2D eigenvalue weighted by atomic mass is 9.83. The van der Waals surface area contributed by atoms with E-state index in [9.17, 15) is 8.42 Å². The van der Waals surface area contributed by atoms with Crippen molar-refractivity contribution >= 4 is 9.84 Å². The Bertz CT molecular complexity index is 257. The fourth-order valence-electron chi connectivity index (χ4n) is 1.96. The van der Waals surface area contributed by atoms with Crippen molar-refractivity contribution in [2.24, 2.45) is 5.92 Å². The van der Waals surface area contributed by atoms with Gasteiger partial charge in [0.05, 0.1) is 11.5 Å². The number of hydrogen-bond donors (Lipinski definition) is 1. The average Bonchev–Trinajstić information content (AvgIpc) is 1.90. The van der Waals surface area contributed by atoms with E-state index in [1.54, 1.807) is 0 Å². The van der Waals surface area contributed by atoms with Gasteiger partial charge in [0.25, 0.3) is 0 Å². The first-order valence-electron chi connectivity index (χ1n) is 5.09. The highest BCUT2D eigenvalue weighted by Crippen LogP contribution is 2.28. The maximum Gasteiger partial charge on any atom is 0.153 e. The first-order valence-corrected chi connectivity index (χ1v) is 6.92. The molecule has 3 nitrogen and oxygen atoms in total. The molecule has 13 heavy (non-hydrogen) atoms. The van der Waals surface area contributed by atoms with Crippen LogP contribution in [0.5, 0.6) is 0 Å². The van der Waals surface area contributed by atoms with Gasteiger partial charge in [-0.15, -0.1) is 0 Å². The van der Waals surface area contributed by atoms with Crippen LogP contribution in [0.3, 0.4) is 0 Å². The van der Waals surface area contributed by atoms with Crippen LogP contribution in [0.1, 0.15) is 25.7 Å². The van der Waals surface area contributed by atoms with Gasteiger partial charge in [0.2, 0.25) is 0 Å². The van der Waals surface area contributed by atoms with Crippen molar-refractivity contribution in [3.8, 4) is 0 Å². The monoisotopic (exact) mass is 203 g/mol. The highest BCUT2D eigenvalue weighted by atomic mass is 32.2. The van der Waals surface area contributed by atoms with Crippen LogP contribution in [0.4, 0.5) is 0 Å². The van der Waals surface area contributed by atoms with Crippen LogP contribution in [0.2, 0.25) is 0 Å². The summed E-state index contributed by atoms with van der Waals surface area (Å²) in [5.74, 6) is 1.64. The molecule has 0 aromatic carbocycles. The van der Waals surface area contributed by atoms with Crippen molar-refractivity contribution in [1.82, 2.24) is 5.32 Å². The SMILES string of the molecule is O=S1(=O)CC(NCCC2CCC2)C1. The molecule has 0 amide bonds. The van der Waals surface area contributed by atoms with Crippen molar-refractivity contribution in [3.63, 3.8) is 0 Å². The molecule has 0 spiro atoms. The Kier molecular flexibility index (Phi) is 2.60. The molecular formula is C9H17NO2S. The normalized spacial score (nSPS) is 28.0. The molecule has 1 saturated carbocycles. The van der Waals surface area contributed by atoms with Crippen LogP contribution in [0, 0.1) is 5.92 Å². The quantitative estimate of drug-likeness (QED) is 0.726. The molecule has 2 aliphatic rings. The average molecular weight is 203 g/mol.